The molecular formula is C25H27N5O3S. The van der Waals surface area contributed by atoms with Gasteiger partial charge in [0.05, 0.1) is 12.7 Å². The van der Waals surface area contributed by atoms with Gasteiger partial charge in [-0.15, -0.1) is 0 Å². The number of benzene rings is 2. The molecule has 0 saturated carbocycles. The maximum Gasteiger partial charge on any atom is 0.253 e. The summed E-state index contributed by atoms with van der Waals surface area (Å²) in [5, 5.41) is 0. The molecule has 1 saturated heterocycles. The first kappa shape index (κ1) is 23.3. The Bertz CT molecular complexity index is 1240. The number of methoxy groups -OCH3 is 1. The van der Waals surface area contributed by atoms with Gasteiger partial charge in [-0.2, -0.15) is 0 Å². The summed E-state index contributed by atoms with van der Waals surface area (Å²) in [5.41, 5.74) is 13.6. The largest absolute Gasteiger partial charge is 0.497 e. The van der Waals surface area contributed by atoms with Gasteiger partial charge in [0.15, 0.2) is 0 Å². The van der Waals surface area contributed by atoms with Crippen LogP contribution in [0.5, 0.6) is 5.75 Å². The van der Waals surface area contributed by atoms with Crippen LogP contribution in [0.25, 0.3) is 0 Å². The Hall–Kier alpha value is -3.85. The number of nitrogens with two attached hydrogens (primary N) is 2. The van der Waals surface area contributed by atoms with Crippen molar-refractivity contribution >= 4 is 35.4 Å². The number of rotatable bonds is 6. The van der Waals surface area contributed by atoms with Gasteiger partial charge < -0.3 is 30.6 Å². The normalized spacial score (nSPS) is 14.5. The van der Waals surface area contributed by atoms with E-state index in [0.717, 1.165) is 17.0 Å². The molecule has 2 amide bonds. The Balaban J connectivity index is 1.61. The molecule has 1 aliphatic heterocycles. The topological polar surface area (TPSA) is 107 Å². The number of pyridine rings is 1. The van der Waals surface area contributed by atoms with Crippen LogP contribution < -0.4 is 21.1 Å². The lowest BCUT2D eigenvalue weighted by atomic mass is 10.0. The predicted molar refractivity (Wildman–Crippen MR) is 135 cm³/mol. The second-order valence-electron chi connectivity index (χ2n) is 8.05. The zero-order valence-corrected chi connectivity index (χ0v) is 19.7. The second-order valence-corrected chi connectivity index (χ2v) is 8.43. The van der Waals surface area contributed by atoms with Crippen LogP contribution in [0.2, 0.25) is 0 Å². The maximum atomic E-state index is 13.8. The number of anilines is 2. The van der Waals surface area contributed by atoms with E-state index in [4.69, 9.17) is 28.4 Å². The van der Waals surface area contributed by atoms with E-state index >= 15 is 0 Å². The van der Waals surface area contributed by atoms with Crippen molar-refractivity contribution in [3.05, 3.63) is 82.6 Å². The molecule has 0 spiro atoms. The summed E-state index contributed by atoms with van der Waals surface area (Å²) in [7, 11) is 1.64. The smallest absolute Gasteiger partial charge is 0.253 e. The van der Waals surface area contributed by atoms with Gasteiger partial charge in [0, 0.05) is 43.8 Å². The zero-order valence-electron chi connectivity index (χ0n) is 18.9. The fourth-order valence-electron chi connectivity index (χ4n) is 4.22. The number of hydrogen-bond acceptors (Lipinski definition) is 6. The van der Waals surface area contributed by atoms with Crippen molar-refractivity contribution in [1.29, 1.82) is 0 Å². The van der Waals surface area contributed by atoms with Gasteiger partial charge in [-0.1, -0.05) is 42.5 Å². The maximum absolute atomic E-state index is 13.8. The molecule has 4 N–H and O–H groups in total. The molecule has 0 bridgehead atoms. The second kappa shape index (κ2) is 9.96. The monoisotopic (exact) mass is 477 g/mol. The molecule has 1 aliphatic rings. The van der Waals surface area contributed by atoms with Crippen LogP contribution in [0.15, 0.2) is 66.9 Å². The van der Waals surface area contributed by atoms with Gasteiger partial charge in [-0.3, -0.25) is 9.59 Å². The summed E-state index contributed by atoms with van der Waals surface area (Å²) in [5.74, 6) is -0.0140. The van der Waals surface area contributed by atoms with Crippen LogP contribution >= 0.6 is 12.2 Å². The molecule has 1 atom stereocenters. The summed E-state index contributed by atoms with van der Waals surface area (Å²) in [6, 6.07) is 18.1. The third-order valence-electron chi connectivity index (χ3n) is 6.05. The molecule has 2 heterocycles. The Morgan fingerprint density at radius 3 is 2.21 bits per heavy atom. The average molecular weight is 478 g/mol. The molecule has 34 heavy (non-hydrogen) atoms. The van der Waals surface area contributed by atoms with E-state index in [1.807, 2.05) is 59.5 Å². The molecule has 4 rings (SSSR count). The van der Waals surface area contributed by atoms with E-state index in [1.165, 1.54) is 0 Å². The van der Waals surface area contributed by atoms with E-state index < -0.39 is 11.9 Å². The van der Waals surface area contributed by atoms with Crippen LogP contribution in [0.1, 0.15) is 22.0 Å². The highest BCUT2D eigenvalue weighted by Gasteiger charge is 2.31. The lowest BCUT2D eigenvalue weighted by Gasteiger charge is -2.38. The molecule has 176 valence electrons. The molecule has 2 aromatic carbocycles. The Kier molecular flexibility index (Phi) is 6.83. The third kappa shape index (κ3) is 4.60. The molecule has 1 unspecified atom stereocenters. The number of carbonyl (C=O) groups is 2. The summed E-state index contributed by atoms with van der Waals surface area (Å²) in [4.78, 5) is 29.9. The number of nitrogens with zero attached hydrogens (tertiary/aromatic N) is 3. The number of amides is 2. The fraction of sp³-hybridized carbons (Fsp3) is 0.240. The molecule has 8 nitrogen and oxygen atoms in total. The van der Waals surface area contributed by atoms with Gasteiger partial charge in [0.25, 0.3) is 5.91 Å². The van der Waals surface area contributed by atoms with Gasteiger partial charge in [0.2, 0.25) is 5.91 Å². The van der Waals surface area contributed by atoms with E-state index in [0.29, 0.717) is 26.2 Å². The first-order valence-corrected chi connectivity index (χ1v) is 11.3. The van der Waals surface area contributed by atoms with Gasteiger partial charge in [-0.05, 0) is 35.9 Å². The van der Waals surface area contributed by atoms with Crippen molar-refractivity contribution in [1.82, 2.24) is 9.47 Å². The highest BCUT2D eigenvalue weighted by atomic mass is 32.1. The quantitative estimate of drug-likeness (QED) is 0.529. The Labute approximate surface area is 203 Å². The van der Waals surface area contributed by atoms with Crippen molar-refractivity contribution in [2.75, 3.05) is 43.9 Å². The first-order chi connectivity index (χ1) is 16.4. The summed E-state index contributed by atoms with van der Waals surface area (Å²) < 4.78 is 6.99. The molecule has 0 radical (unpaired) electrons. The van der Waals surface area contributed by atoms with Gasteiger partial charge >= 0.3 is 0 Å². The number of piperazine rings is 1. The number of ether oxygens (including phenoxy) is 1. The number of hydrogen-bond donors (Lipinski definition) is 2. The van der Waals surface area contributed by atoms with E-state index in [-0.39, 0.29) is 21.8 Å². The van der Waals surface area contributed by atoms with E-state index in [9.17, 15) is 9.59 Å². The van der Waals surface area contributed by atoms with Crippen LogP contribution in [0.3, 0.4) is 0 Å². The van der Waals surface area contributed by atoms with Crippen molar-refractivity contribution in [3.63, 3.8) is 0 Å². The van der Waals surface area contributed by atoms with Crippen molar-refractivity contribution < 1.29 is 14.3 Å². The SMILES string of the molecule is COc1ccc(N2CCN(C(=O)C(c3ccccc3)n3ccc(N)c(C(N)=O)c3=S)CC2)cc1. The van der Waals surface area contributed by atoms with E-state index in [2.05, 4.69) is 4.90 Å². The summed E-state index contributed by atoms with van der Waals surface area (Å²) in [6.45, 7) is 2.50. The third-order valence-corrected chi connectivity index (χ3v) is 6.47. The number of aromatic nitrogens is 1. The molecule has 3 aromatic rings. The van der Waals surface area contributed by atoms with Crippen LogP contribution in [0, 0.1) is 4.64 Å². The molecule has 0 aliphatic carbocycles. The number of nitrogen functional groups attached to an aromatic ring is 1. The summed E-state index contributed by atoms with van der Waals surface area (Å²) >= 11 is 5.55. The average Bonchev–Trinajstić information content (AvgIpc) is 2.86. The minimum Gasteiger partial charge on any atom is -0.497 e. The van der Waals surface area contributed by atoms with E-state index in [1.54, 1.807) is 23.9 Å². The number of primary amides is 1. The number of carbonyl (C=O) groups excluding carboxylic acids is 2. The van der Waals surface area contributed by atoms with Crippen LogP contribution in [0.4, 0.5) is 11.4 Å². The lowest BCUT2D eigenvalue weighted by molar-refractivity contribution is -0.133. The predicted octanol–water partition coefficient (Wildman–Crippen LogP) is 2.85. The highest BCUT2D eigenvalue weighted by Crippen LogP contribution is 2.26. The first-order valence-electron chi connectivity index (χ1n) is 10.9. The van der Waals surface area contributed by atoms with Gasteiger partial charge in [0.1, 0.15) is 16.4 Å². The Morgan fingerprint density at radius 2 is 1.62 bits per heavy atom. The molecule has 1 fully saturated rings. The summed E-state index contributed by atoms with van der Waals surface area (Å²) in [6.07, 6.45) is 1.65. The van der Waals surface area contributed by atoms with Crippen LogP contribution in [-0.2, 0) is 4.79 Å². The van der Waals surface area contributed by atoms with Crippen LogP contribution in [-0.4, -0.2) is 54.6 Å². The molecule has 9 heteroatoms. The fourth-order valence-corrected chi connectivity index (χ4v) is 4.61. The Morgan fingerprint density at radius 1 is 0.971 bits per heavy atom. The van der Waals surface area contributed by atoms with Crippen molar-refractivity contribution in [2.24, 2.45) is 5.73 Å². The van der Waals surface area contributed by atoms with Crippen molar-refractivity contribution in [3.8, 4) is 5.75 Å². The minimum atomic E-state index is -0.736. The zero-order chi connectivity index (χ0) is 24.2. The minimum absolute atomic E-state index is 0.0514. The highest BCUT2D eigenvalue weighted by molar-refractivity contribution is 7.71. The van der Waals surface area contributed by atoms with Crippen molar-refractivity contribution in [2.45, 2.75) is 6.04 Å². The molecule has 1 aromatic heterocycles. The molecular weight excluding hydrogens is 450 g/mol. The van der Waals surface area contributed by atoms with Gasteiger partial charge in [-0.25, -0.2) is 0 Å². The lowest BCUT2D eigenvalue weighted by Crippen LogP contribution is -2.51. The standard InChI is InChI=1S/C25H27N5O3S/c1-33-19-9-7-18(8-10-19)28-13-15-29(16-14-28)24(32)22(17-5-3-2-4-6-17)30-12-11-20(26)21(23(27)31)25(30)34/h2-12,22H,13-16,26H2,1H3,(H2,27,31).